The lowest BCUT2D eigenvalue weighted by molar-refractivity contribution is -0.386. The van der Waals surface area contributed by atoms with Crippen molar-refractivity contribution >= 4 is 11.7 Å². The van der Waals surface area contributed by atoms with Gasteiger partial charge in [0.05, 0.1) is 17.2 Å². The van der Waals surface area contributed by atoms with E-state index in [1.165, 1.54) is 13.8 Å². The van der Waals surface area contributed by atoms with Crippen molar-refractivity contribution in [3.05, 3.63) is 37.3 Å². The Morgan fingerprint density at radius 3 is 2.58 bits per heavy atom. The van der Waals surface area contributed by atoms with Crippen LogP contribution in [0.5, 0.6) is 0 Å². The molecule has 1 heterocycles. The maximum absolute atomic E-state index is 11.8. The van der Waals surface area contributed by atoms with Gasteiger partial charge in [-0.05, 0) is 20.3 Å². The topological polar surface area (TPSA) is 102 Å². The number of nitro groups is 1. The normalized spacial score (nSPS) is 10.3. The maximum atomic E-state index is 11.8. The number of hydrogen-bond donors (Lipinski definition) is 1. The molecule has 0 radical (unpaired) electrons. The van der Waals surface area contributed by atoms with Crippen LogP contribution in [-0.4, -0.2) is 22.5 Å². The molecule has 1 aromatic rings. The minimum atomic E-state index is -0.824. The van der Waals surface area contributed by atoms with Gasteiger partial charge in [-0.3, -0.25) is 14.9 Å². The highest BCUT2D eigenvalue weighted by Gasteiger charge is 2.25. The summed E-state index contributed by atoms with van der Waals surface area (Å²) in [5.41, 5.74) is -1.07. The number of H-pyrrole nitrogens is 1. The molecule has 0 bridgehead atoms. The second kappa shape index (κ2) is 6.12. The summed E-state index contributed by atoms with van der Waals surface area (Å²) < 4.78 is 4.92. The first-order valence-electron chi connectivity index (χ1n) is 5.95. The molecule has 7 heteroatoms. The molecular formula is C12H16N2O5. The predicted molar refractivity (Wildman–Crippen MR) is 68.4 cm³/mol. The summed E-state index contributed by atoms with van der Waals surface area (Å²) in [5.74, 6) is -0.824. The van der Waals surface area contributed by atoms with Gasteiger partial charge in [0.25, 0.3) is 11.2 Å². The average molecular weight is 268 g/mol. The number of aromatic amines is 1. The monoisotopic (exact) mass is 268 g/mol. The Kier molecular flexibility index (Phi) is 4.80. The first-order chi connectivity index (χ1) is 8.90. The van der Waals surface area contributed by atoms with Gasteiger partial charge in [0.15, 0.2) is 0 Å². The molecule has 0 fully saturated rings. The van der Waals surface area contributed by atoms with Crippen LogP contribution in [0.2, 0.25) is 0 Å². The van der Waals surface area contributed by atoms with Gasteiger partial charge < -0.3 is 9.72 Å². The van der Waals surface area contributed by atoms with Crippen molar-refractivity contribution in [2.45, 2.75) is 33.6 Å². The first kappa shape index (κ1) is 14.9. The molecule has 0 aliphatic carbocycles. The molecule has 0 atom stereocenters. The minimum absolute atomic E-state index is 0.0350. The van der Waals surface area contributed by atoms with E-state index in [1.54, 1.807) is 0 Å². The van der Waals surface area contributed by atoms with Crippen molar-refractivity contribution in [2.24, 2.45) is 0 Å². The molecule has 1 N–H and O–H groups in total. The van der Waals surface area contributed by atoms with E-state index in [0.717, 1.165) is 6.42 Å². The van der Waals surface area contributed by atoms with E-state index >= 15 is 0 Å². The Balaban J connectivity index is 3.21. The molecule has 0 saturated carbocycles. The third kappa shape index (κ3) is 3.18. The first-order valence-corrected chi connectivity index (χ1v) is 5.95. The largest absolute Gasteiger partial charge is 0.462 e. The number of esters is 1. The number of nitrogens with one attached hydrogen (secondary N) is 1. The van der Waals surface area contributed by atoms with E-state index in [9.17, 15) is 19.7 Å². The average Bonchev–Trinajstić information content (AvgIpc) is 2.27. The van der Waals surface area contributed by atoms with Crippen LogP contribution >= 0.6 is 0 Å². The fourth-order valence-electron chi connectivity index (χ4n) is 1.76. The third-order valence-corrected chi connectivity index (χ3v) is 2.73. The van der Waals surface area contributed by atoms with Gasteiger partial charge in [0, 0.05) is 5.56 Å². The van der Waals surface area contributed by atoms with E-state index in [4.69, 9.17) is 4.74 Å². The number of unbranched alkanes of at least 4 members (excludes halogenated alkanes) is 1. The molecule has 19 heavy (non-hydrogen) atoms. The van der Waals surface area contributed by atoms with Gasteiger partial charge >= 0.3 is 5.97 Å². The van der Waals surface area contributed by atoms with Gasteiger partial charge in [-0.2, -0.15) is 0 Å². The smallest absolute Gasteiger partial charge is 0.344 e. The second-order valence-corrected chi connectivity index (χ2v) is 4.17. The van der Waals surface area contributed by atoms with E-state index in [-0.39, 0.29) is 29.1 Å². The van der Waals surface area contributed by atoms with Crippen molar-refractivity contribution in [1.82, 2.24) is 4.98 Å². The molecule has 0 aliphatic rings. The Bertz CT molecular complexity index is 562. The lowest BCUT2D eigenvalue weighted by atomic mass is 10.1. The van der Waals surface area contributed by atoms with Gasteiger partial charge in [-0.15, -0.1) is 0 Å². The lowest BCUT2D eigenvalue weighted by Crippen LogP contribution is -2.24. The molecule has 0 amide bonds. The van der Waals surface area contributed by atoms with Crippen molar-refractivity contribution < 1.29 is 14.5 Å². The highest BCUT2D eigenvalue weighted by molar-refractivity contribution is 5.91. The molecule has 0 spiro atoms. The highest BCUT2D eigenvalue weighted by atomic mass is 16.6. The van der Waals surface area contributed by atoms with Crippen LogP contribution in [0.25, 0.3) is 0 Å². The molecule has 1 aromatic heterocycles. The zero-order valence-electron chi connectivity index (χ0n) is 11.1. The summed E-state index contributed by atoms with van der Waals surface area (Å²) >= 11 is 0. The standard InChI is InChI=1S/C12H16N2O5/c1-4-5-6-19-12(16)9-7(2)10(14(17)18)8(3)13-11(9)15/h4-6H2,1-3H3,(H,13,15). The van der Waals surface area contributed by atoms with Crippen molar-refractivity contribution in [3.63, 3.8) is 0 Å². The third-order valence-electron chi connectivity index (χ3n) is 2.73. The quantitative estimate of drug-likeness (QED) is 0.380. The van der Waals surface area contributed by atoms with Gasteiger partial charge in [-0.1, -0.05) is 13.3 Å². The van der Waals surface area contributed by atoms with Crippen molar-refractivity contribution in [2.75, 3.05) is 6.61 Å². The molecule has 0 aromatic carbocycles. The van der Waals surface area contributed by atoms with E-state index in [2.05, 4.69) is 4.98 Å². The predicted octanol–water partition coefficient (Wildman–Crippen LogP) is 1.86. The van der Waals surface area contributed by atoms with E-state index in [0.29, 0.717) is 6.42 Å². The van der Waals surface area contributed by atoms with Crippen LogP contribution in [-0.2, 0) is 4.74 Å². The van der Waals surface area contributed by atoms with Crippen LogP contribution < -0.4 is 5.56 Å². The second-order valence-electron chi connectivity index (χ2n) is 4.17. The van der Waals surface area contributed by atoms with Crippen molar-refractivity contribution in [1.29, 1.82) is 0 Å². The summed E-state index contributed by atoms with van der Waals surface area (Å²) in [4.78, 5) is 36.1. The molecule has 0 saturated heterocycles. The van der Waals surface area contributed by atoms with Crippen LogP contribution in [0.3, 0.4) is 0 Å². The Hall–Kier alpha value is -2.18. The Labute approximate surface area is 109 Å². The summed E-state index contributed by atoms with van der Waals surface area (Å²) in [6.07, 6.45) is 1.52. The van der Waals surface area contributed by atoms with Gasteiger partial charge in [0.1, 0.15) is 5.56 Å². The van der Waals surface area contributed by atoms with Crippen LogP contribution in [0.15, 0.2) is 4.79 Å². The number of carbonyl (C=O) groups is 1. The number of nitrogens with zero attached hydrogens (tertiary/aromatic N) is 1. The summed E-state index contributed by atoms with van der Waals surface area (Å²) in [6, 6.07) is 0. The van der Waals surface area contributed by atoms with Crippen LogP contribution in [0, 0.1) is 24.0 Å². The Morgan fingerprint density at radius 2 is 2.05 bits per heavy atom. The fraction of sp³-hybridized carbons (Fsp3) is 0.500. The zero-order valence-corrected chi connectivity index (χ0v) is 11.1. The molecular weight excluding hydrogens is 252 g/mol. The molecule has 0 unspecified atom stereocenters. The minimum Gasteiger partial charge on any atom is -0.462 e. The van der Waals surface area contributed by atoms with E-state index < -0.39 is 16.5 Å². The highest BCUT2D eigenvalue weighted by Crippen LogP contribution is 2.22. The van der Waals surface area contributed by atoms with Crippen LogP contribution in [0.4, 0.5) is 5.69 Å². The van der Waals surface area contributed by atoms with Gasteiger partial charge in [0.2, 0.25) is 0 Å². The number of pyridine rings is 1. The number of rotatable bonds is 5. The number of aromatic nitrogens is 1. The van der Waals surface area contributed by atoms with Crippen LogP contribution in [0.1, 0.15) is 41.4 Å². The number of ether oxygens (including phenoxy) is 1. The molecule has 104 valence electrons. The SMILES string of the molecule is CCCCOC(=O)c1c(C)c([N+](=O)[O-])c(C)[nH]c1=O. The van der Waals surface area contributed by atoms with Gasteiger partial charge in [-0.25, -0.2) is 4.79 Å². The fourth-order valence-corrected chi connectivity index (χ4v) is 1.76. The van der Waals surface area contributed by atoms with E-state index in [1.807, 2.05) is 6.92 Å². The summed E-state index contributed by atoms with van der Waals surface area (Å²) in [6.45, 7) is 4.91. The zero-order chi connectivity index (χ0) is 14.6. The summed E-state index contributed by atoms with van der Waals surface area (Å²) in [7, 11) is 0. The molecule has 1 rings (SSSR count). The molecule has 0 aliphatic heterocycles. The molecule has 7 nitrogen and oxygen atoms in total. The summed E-state index contributed by atoms with van der Waals surface area (Å²) in [5, 5.41) is 10.9. The number of carbonyl (C=O) groups excluding carboxylic acids is 1. The number of aryl methyl sites for hydroxylation is 1. The van der Waals surface area contributed by atoms with Crippen molar-refractivity contribution in [3.8, 4) is 0 Å². The lowest BCUT2D eigenvalue weighted by Gasteiger charge is -2.07. The number of hydrogen-bond acceptors (Lipinski definition) is 5. The maximum Gasteiger partial charge on any atom is 0.344 e. The Morgan fingerprint density at radius 1 is 1.42 bits per heavy atom.